The Kier molecular flexibility index (Phi) is 7.01. The number of imide groups is 1. The predicted octanol–water partition coefficient (Wildman–Crippen LogP) is 1.96. The Bertz CT molecular complexity index is 680. The molecular weight excluding hydrogens is 366 g/mol. The second-order valence-corrected chi connectivity index (χ2v) is 7.77. The lowest BCUT2D eigenvalue weighted by Gasteiger charge is -2.34. The molecule has 2 aliphatic rings. The SMILES string of the molecule is CO[C@H](C(=O)N1C(=O)OC(C)(C)[C@@H]1C(C)C)[C@H]1OC(=CCCCO)C=CC1=O. The zero-order valence-electron chi connectivity index (χ0n) is 17.0. The van der Waals surface area contributed by atoms with Crippen LogP contribution in [-0.4, -0.2) is 65.4 Å². The molecule has 0 radical (unpaired) electrons. The summed E-state index contributed by atoms with van der Waals surface area (Å²) in [5.41, 5.74) is -0.855. The Balaban J connectivity index is 2.27. The molecule has 8 nitrogen and oxygen atoms in total. The minimum atomic E-state index is -1.29. The fourth-order valence-electron chi connectivity index (χ4n) is 3.74. The maximum absolute atomic E-state index is 13.2. The topological polar surface area (TPSA) is 102 Å². The van der Waals surface area contributed by atoms with Crippen molar-refractivity contribution in [3.63, 3.8) is 0 Å². The number of methoxy groups -OCH3 is 1. The second-order valence-electron chi connectivity index (χ2n) is 7.77. The highest BCUT2D eigenvalue weighted by Gasteiger charge is 2.54. The highest BCUT2D eigenvalue weighted by Crippen LogP contribution is 2.35. The first-order valence-electron chi connectivity index (χ1n) is 9.42. The number of amides is 2. The third-order valence-corrected chi connectivity index (χ3v) is 4.84. The van der Waals surface area contributed by atoms with Crippen molar-refractivity contribution in [3.05, 3.63) is 24.0 Å². The molecule has 8 heteroatoms. The van der Waals surface area contributed by atoms with Gasteiger partial charge in [0.25, 0.3) is 5.91 Å². The van der Waals surface area contributed by atoms with Gasteiger partial charge >= 0.3 is 6.09 Å². The average Bonchev–Trinajstić information content (AvgIpc) is 2.86. The van der Waals surface area contributed by atoms with Crippen LogP contribution in [0.4, 0.5) is 4.79 Å². The van der Waals surface area contributed by atoms with Gasteiger partial charge < -0.3 is 19.3 Å². The molecular formula is C20H29NO7. The van der Waals surface area contributed by atoms with Gasteiger partial charge in [-0.2, -0.15) is 0 Å². The molecule has 3 atom stereocenters. The minimum absolute atomic E-state index is 0.0402. The van der Waals surface area contributed by atoms with E-state index in [9.17, 15) is 14.4 Å². The largest absolute Gasteiger partial charge is 0.479 e. The molecule has 0 aromatic rings. The van der Waals surface area contributed by atoms with Gasteiger partial charge in [-0.25, -0.2) is 9.69 Å². The maximum atomic E-state index is 13.2. The van der Waals surface area contributed by atoms with Crippen LogP contribution >= 0.6 is 0 Å². The molecule has 28 heavy (non-hydrogen) atoms. The molecule has 0 spiro atoms. The zero-order valence-corrected chi connectivity index (χ0v) is 17.0. The fourth-order valence-corrected chi connectivity index (χ4v) is 3.74. The first-order chi connectivity index (χ1) is 13.1. The van der Waals surface area contributed by atoms with E-state index in [0.29, 0.717) is 18.6 Å². The number of ether oxygens (including phenoxy) is 3. The number of carbonyl (C=O) groups is 3. The summed E-state index contributed by atoms with van der Waals surface area (Å²) in [4.78, 5) is 39.0. The van der Waals surface area contributed by atoms with Crippen LogP contribution in [0.25, 0.3) is 0 Å². The first kappa shape index (κ1) is 22.1. The van der Waals surface area contributed by atoms with E-state index in [1.54, 1.807) is 19.9 Å². The molecule has 2 aliphatic heterocycles. The van der Waals surface area contributed by atoms with Crippen LogP contribution in [0, 0.1) is 5.92 Å². The monoisotopic (exact) mass is 395 g/mol. The number of ketones is 1. The van der Waals surface area contributed by atoms with Crippen LogP contribution in [0.3, 0.4) is 0 Å². The van der Waals surface area contributed by atoms with Crippen molar-refractivity contribution < 1.29 is 33.7 Å². The smallest absolute Gasteiger partial charge is 0.417 e. The van der Waals surface area contributed by atoms with Gasteiger partial charge in [0, 0.05) is 13.7 Å². The molecule has 1 saturated heterocycles. The van der Waals surface area contributed by atoms with Crippen LogP contribution in [0.1, 0.15) is 40.5 Å². The lowest BCUT2D eigenvalue weighted by Crippen LogP contribution is -2.55. The van der Waals surface area contributed by atoms with Gasteiger partial charge in [0.2, 0.25) is 0 Å². The number of aliphatic hydroxyl groups excluding tert-OH is 1. The van der Waals surface area contributed by atoms with Crippen LogP contribution in [0.15, 0.2) is 24.0 Å². The quantitative estimate of drug-likeness (QED) is 0.658. The van der Waals surface area contributed by atoms with Crippen molar-refractivity contribution in [1.82, 2.24) is 4.90 Å². The molecule has 1 fully saturated rings. The Morgan fingerprint density at radius 3 is 2.61 bits per heavy atom. The number of rotatable bonds is 7. The molecule has 2 rings (SSSR count). The molecule has 0 saturated carbocycles. The van der Waals surface area contributed by atoms with Crippen LogP contribution in [0.5, 0.6) is 0 Å². The number of hydrogen-bond acceptors (Lipinski definition) is 7. The van der Waals surface area contributed by atoms with Crippen molar-refractivity contribution in [2.75, 3.05) is 13.7 Å². The number of nitrogens with zero attached hydrogens (tertiary/aromatic N) is 1. The number of allylic oxidation sites excluding steroid dienone is 2. The number of aliphatic hydroxyl groups is 1. The van der Waals surface area contributed by atoms with E-state index in [0.717, 1.165) is 4.90 Å². The summed E-state index contributed by atoms with van der Waals surface area (Å²) in [6.07, 6.45) is 2.43. The van der Waals surface area contributed by atoms with Gasteiger partial charge in [-0.1, -0.05) is 13.8 Å². The Morgan fingerprint density at radius 1 is 1.36 bits per heavy atom. The first-order valence-corrected chi connectivity index (χ1v) is 9.42. The Labute approximate surface area is 165 Å². The van der Waals surface area contributed by atoms with E-state index >= 15 is 0 Å². The fraction of sp³-hybridized carbons (Fsp3) is 0.650. The summed E-state index contributed by atoms with van der Waals surface area (Å²) < 4.78 is 16.4. The molecule has 0 aliphatic carbocycles. The summed E-state index contributed by atoms with van der Waals surface area (Å²) in [7, 11) is 1.30. The van der Waals surface area contributed by atoms with Crippen molar-refractivity contribution in [2.24, 2.45) is 5.92 Å². The van der Waals surface area contributed by atoms with Gasteiger partial charge in [0.1, 0.15) is 11.4 Å². The molecule has 1 N–H and O–H groups in total. The average molecular weight is 395 g/mol. The van der Waals surface area contributed by atoms with Gasteiger partial charge in [0.15, 0.2) is 18.0 Å². The number of hydrogen-bond donors (Lipinski definition) is 1. The van der Waals surface area contributed by atoms with Crippen LogP contribution in [0.2, 0.25) is 0 Å². The van der Waals surface area contributed by atoms with E-state index in [2.05, 4.69) is 0 Å². The molecule has 0 unspecified atom stereocenters. The van der Waals surface area contributed by atoms with Crippen molar-refractivity contribution >= 4 is 17.8 Å². The molecule has 2 heterocycles. The molecule has 0 bridgehead atoms. The van der Waals surface area contributed by atoms with E-state index in [1.807, 2.05) is 13.8 Å². The number of carbonyl (C=O) groups excluding carboxylic acids is 3. The highest BCUT2D eigenvalue weighted by atomic mass is 16.6. The van der Waals surface area contributed by atoms with Gasteiger partial charge in [-0.05, 0) is 50.8 Å². The van der Waals surface area contributed by atoms with Crippen molar-refractivity contribution in [3.8, 4) is 0 Å². The Hall–Kier alpha value is -2.19. The summed E-state index contributed by atoms with van der Waals surface area (Å²) in [6.45, 7) is 7.32. The number of unbranched alkanes of at least 4 members (excludes halogenated alkanes) is 1. The third kappa shape index (κ3) is 4.44. The van der Waals surface area contributed by atoms with Gasteiger partial charge in [-0.3, -0.25) is 9.59 Å². The maximum Gasteiger partial charge on any atom is 0.417 e. The van der Waals surface area contributed by atoms with E-state index in [-0.39, 0.29) is 12.5 Å². The predicted molar refractivity (Wildman–Crippen MR) is 100 cm³/mol. The lowest BCUT2D eigenvalue weighted by atomic mass is 9.88. The Morgan fingerprint density at radius 2 is 2.04 bits per heavy atom. The third-order valence-electron chi connectivity index (χ3n) is 4.84. The summed E-state index contributed by atoms with van der Waals surface area (Å²) in [5, 5.41) is 8.89. The second kappa shape index (κ2) is 8.87. The normalized spacial score (nSPS) is 26.5. The van der Waals surface area contributed by atoms with E-state index < -0.39 is 41.6 Å². The van der Waals surface area contributed by atoms with Gasteiger partial charge in [0.05, 0.1) is 6.04 Å². The lowest BCUT2D eigenvalue weighted by molar-refractivity contribution is -0.154. The number of cyclic esters (lactones) is 1. The van der Waals surface area contributed by atoms with Crippen LogP contribution in [-0.2, 0) is 23.8 Å². The van der Waals surface area contributed by atoms with Crippen LogP contribution < -0.4 is 0 Å². The summed E-state index contributed by atoms with van der Waals surface area (Å²) in [5.74, 6) is -0.732. The standard InChI is InChI=1S/C20H29NO7/c1-12(2)17-20(3,4)28-19(25)21(17)18(24)16(26-5)15-14(23)10-9-13(27-15)8-6-7-11-22/h8-10,12,15-17,22H,6-7,11H2,1-5H3/t15-,16-,17-/m0/s1. The van der Waals surface area contributed by atoms with E-state index in [4.69, 9.17) is 19.3 Å². The molecule has 156 valence electrons. The van der Waals surface area contributed by atoms with Gasteiger partial charge in [-0.15, -0.1) is 0 Å². The zero-order chi connectivity index (χ0) is 21.1. The summed E-state index contributed by atoms with van der Waals surface area (Å²) >= 11 is 0. The molecule has 0 aromatic carbocycles. The van der Waals surface area contributed by atoms with Crippen molar-refractivity contribution in [1.29, 1.82) is 0 Å². The molecule has 2 amide bonds. The highest BCUT2D eigenvalue weighted by molar-refractivity contribution is 6.03. The molecule has 0 aromatic heterocycles. The van der Waals surface area contributed by atoms with Crippen molar-refractivity contribution in [2.45, 2.75) is 64.4 Å². The van der Waals surface area contributed by atoms with E-state index in [1.165, 1.54) is 19.3 Å². The minimum Gasteiger partial charge on any atom is -0.479 e. The summed E-state index contributed by atoms with van der Waals surface area (Å²) in [6, 6.07) is -0.501.